The van der Waals surface area contributed by atoms with Gasteiger partial charge in [0.15, 0.2) is 0 Å². The highest BCUT2D eigenvalue weighted by Gasteiger charge is 2.30. The molecule has 1 aliphatic heterocycles. The second-order valence-electron chi connectivity index (χ2n) is 4.14. The normalized spacial score (nSPS) is 17.4. The van der Waals surface area contributed by atoms with Crippen LogP contribution >= 0.6 is 0 Å². The first kappa shape index (κ1) is 12.0. The number of pyridine rings is 1. The van der Waals surface area contributed by atoms with Crippen molar-refractivity contribution in [3.05, 3.63) is 36.0 Å². The Kier molecular flexibility index (Phi) is 3.09. The van der Waals surface area contributed by atoms with Crippen LogP contribution in [0.4, 0.5) is 19.0 Å². The van der Waals surface area contributed by atoms with Crippen LogP contribution in [0.2, 0.25) is 0 Å². The number of hydrogen-bond donors (Lipinski definition) is 0. The van der Waals surface area contributed by atoms with Crippen LogP contribution in [0.15, 0.2) is 30.5 Å². The summed E-state index contributed by atoms with van der Waals surface area (Å²) in [5, 5.41) is 0. The molecule has 1 saturated heterocycles. The molecule has 0 radical (unpaired) electrons. The molecule has 1 aliphatic rings. The maximum atomic E-state index is 12.3. The smallest absolute Gasteiger partial charge is 0.356 e. The molecule has 92 valence electrons. The molecule has 0 aromatic carbocycles. The van der Waals surface area contributed by atoms with E-state index in [1.54, 1.807) is 0 Å². The lowest BCUT2D eigenvalue weighted by atomic mass is 10.1. The highest BCUT2D eigenvalue weighted by molar-refractivity contribution is 5.41. The highest BCUT2D eigenvalue weighted by Crippen LogP contribution is 2.29. The number of anilines is 1. The molecule has 0 N–H and O–H groups in total. The van der Waals surface area contributed by atoms with Gasteiger partial charge in [0.1, 0.15) is 5.82 Å². The summed E-state index contributed by atoms with van der Waals surface area (Å²) in [5.74, 6) is 0.602. The molecule has 0 bridgehead atoms. The number of halogens is 3. The van der Waals surface area contributed by atoms with Gasteiger partial charge in [0.2, 0.25) is 0 Å². The van der Waals surface area contributed by atoms with Gasteiger partial charge in [-0.3, -0.25) is 0 Å². The molecular formula is C12H13F3N2. The Morgan fingerprint density at radius 2 is 1.82 bits per heavy atom. The molecule has 0 spiro atoms. The Balaban J connectivity index is 2.10. The van der Waals surface area contributed by atoms with Crippen LogP contribution < -0.4 is 4.90 Å². The third-order valence-corrected chi connectivity index (χ3v) is 2.87. The predicted molar refractivity (Wildman–Crippen MR) is 59.8 cm³/mol. The van der Waals surface area contributed by atoms with Crippen molar-refractivity contribution in [2.45, 2.75) is 19.0 Å². The first-order valence-electron chi connectivity index (χ1n) is 5.41. The largest absolute Gasteiger partial charge is 0.417 e. The average molecular weight is 242 g/mol. The molecule has 0 aliphatic carbocycles. The molecule has 1 fully saturated rings. The highest BCUT2D eigenvalue weighted by atomic mass is 19.4. The minimum absolute atomic E-state index is 0.602. The summed E-state index contributed by atoms with van der Waals surface area (Å²) in [6, 6.07) is 2.50. The Labute approximate surface area is 97.8 Å². The fraction of sp³-hybridized carbons (Fsp3) is 0.417. The van der Waals surface area contributed by atoms with Crippen molar-refractivity contribution < 1.29 is 13.2 Å². The number of nitrogens with zero attached hydrogens (tertiary/aromatic N) is 2. The fourth-order valence-electron chi connectivity index (χ4n) is 1.79. The Bertz CT molecular complexity index is 399. The molecular weight excluding hydrogens is 229 g/mol. The Hall–Kier alpha value is -1.52. The van der Waals surface area contributed by atoms with E-state index < -0.39 is 11.7 Å². The van der Waals surface area contributed by atoms with Crippen molar-refractivity contribution in [1.29, 1.82) is 0 Å². The van der Waals surface area contributed by atoms with Gasteiger partial charge in [0.05, 0.1) is 5.56 Å². The Morgan fingerprint density at radius 3 is 2.29 bits per heavy atom. The van der Waals surface area contributed by atoms with Gasteiger partial charge in [-0.1, -0.05) is 12.2 Å². The first-order chi connectivity index (χ1) is 7.97. The van der Waals surface area contributed by atoms with E-state index in [1.807, 2.05) is 4.90 Å². The first-order valence-corrected chi connectivity index (χ1v) is 5.41. The molecule has 0 atom stereocenters. The Morgan fingerprint density at radius 1 is 1.18 bits per heavy atom. The van der Waals surface area contributed by atoms with E-state index in [2.05, 4.69) is 11.6 Å². The van der Waals surface area contributed by atoms with Gasteiger partial charge in [0.25, 0.3) is 0 Å². The standard InChI is InChI=1S/C12H13F3N2/c1-9-4-6-17(7-5-9)11-3-2-10(8-16-11)12(13,14)15/h2-3,8H,1,4-7H2. The van der Waals surface area contributed by atoms with Crippen LogP contribution in [0, 0.1) is 0 Å². The summed E-state index contributed by atoms with van der Waals surface area (Å²) in [6.45, 7) is 5.44. The number of alkyl halides is 3. The number of piperidine rings is 1. The molecule has 1 aromatic heterocycles. The third-order valence-electron chi connectivity index (χ3n) is 2.87. The predicted octanol–water partition coefficient (Wildman–Crippen LogP) is 3.26. The summed E-state index contributed by atoms with van der Waals surface area (Å²) < 4.78 is 37.0. The molecule has 17 heavy (non-hydrogen) atoms. The van der Waals surface area contributed by atoms with E-state index in [4.69, 9.17) is 0 Å². The van der Waals surface area contributed by atoms with Gasteiger partial charge in [-0.15, -0.1) is 0 Å². The summed E-state index contributed by atoms with van der Waals surface area (Å²) in [6.07, 6.45) is -1.67. The zero-order valence-corrected chi connectivity index (χ0v) is 9.30. The van der Waals surface area contributed by atoms with Crippen molar-refractivity contribution in [3.63, 3.8) is 0 Å². The molecule has 2 heterocycles. The monoisotopic (exact) mass is 242 g/mol. The van der Waals surface area contributed by atoms with Crippen molar-refractivity contribution >= 4 is 5.82 Å². The minimum Gasteiger partial charge on any atom is -0.356 e. The molecule has 0 unspecified atom stereocenters. The molecule has 2 nitrogen and oxygen atoms in total. The maximum absolute atomic E-state index is 12.3. The summed E-state index contributed by atoms with van der Waals surface area (Å²) in [7, 11) is 0. The van der Waals surface area contributed by atoms with Crippen LogP contribution in [0.1, 0.15) is 18.4 Å². The van der Waals surface area contributed by atoms with Crippen LogP contribution in [0.3, 0.4) is 0 Å². The van der Waals surface area contributed by atoms with E-state index in [0.717, 1.165) is 38.2 Å². The molecule has 0 amide bonds. The van der Waals surface area contributed by atoms with Gasteiger partial charge in [-0.05, 0) is 25.0 Å². The van der Waals surface area contributed by atoms with E-state index in [1.165, 1.54) is 11.6 Å². The SMILES string of the molecule is C=C1CCN(c2ccc(C(F)(F)F)cn2)CC1. The fourth-order valence-corrected chi connectivity index (χ4v) is 1.79. The van der Waals surface area contributed by atoms with Crippen LogP contribution in [-0.4, -0.2) is 18.1 Å². The zero-order chi connectivity index (χ0) is 12.5. The van der Waals surface area contributed by atoms with Gasteiger partial charge in [-0.25, -0.2) is 4.98 Å². The maximum Gasteiger partial charge on any atom is 0.417 e. The number of rotatable bonds is 1. The summed E-state index contributed by atoms with van der Waals surface area (Å²) in [5.41, 5.74) is 0.482. The second-order valence-corrected chi connectivity index (χ2v) is 4.14. The quantitative estimate of drug-likeness (QED) is 0.703. The third kappa shape index (κ3) is 2.78. The molecule has 2 rings (SSSR count). The van der Waals surface area contributed by atoms with Gasteiger partial charge >= 0.3 is 6.18 Å². The lowest BCUT2D eigenvalue weighted by molar-refractivity contribution is -0.137. The summed E-state index contributed by atoms with van der Waals surface area (Å²) in [4.78, 5) is 5.85. The van der Waals surface area contributed by atoms with E-state index in [0.29, 0.717) is 5.82 Å². The molecule has 5 heteroatoms. The van der Waals surface area contributed by atoms with Crippen molar-refractivity contribution in [2.75, 3.05) is 18.0 Å². The van der Waals surface area contributed by atoms with Crippen molar-refractivity contribution in [2.24, 2.45) is 0 Å². The van der Waals surface area contributed by atoms with Crippen molar-refractivity contribution in [1.82, 2.24) is 4.98 Å². The minimum atomic E-state index is -4.32. The summed E-state index contributed by atoms with van der Waals surface area (Å²) >= 11 is 0. The molecule has 0 saturated carbocycles. The number of aromatic nitrogens is 1. The second kappa shape index (κ2) is 4.39. The lowest BCUT2D eigenvalue weighted by Crippen LogP contribution is -2.31. The van der Waals surface area contributed by atoms with Crippen LogP contribution in [0.25, 0.3) is 0 Å². The van der Waals surface area contributed by atoms with Gasteiger partial charge < -0.3 is 4.90 Å². The van der Waals surface area contributed by atoms with Crippen molar-refractivity contribution in [3.8, 4) is 0 Å². The van der Waals surface area contributed by atoms with Crippen LogP contribution in [0.5, 0.6) is 0 Å². The van der Waals surface area contributed by atoms with Gasteiger partial charge in [-0.2, -0.15) is 13.2 Å². The number of hydrogen-bond acceptors (Lipinski definition) is 2. The van der Waals surface area contributed by atoms with E-state index >= 15 is 0 Å². The molecule has 1 aromatic rings. The lowest BCUT2D eigenvalue weighted by Gasteiger charge is -2.29. The topological polar surface area (TPSA) is 16.1 Å². The van der Waals surface area contributed by atoms with Gasteiger partial charge in [0, 0.05) is 19.3 Å². The van der Waals surface area contributed by atoms with E-state index in [-0.39, 0.29) is 0 Å². The van der Waals surface area contributed by atoms with E-state index in [9.17, 15) is 13.2 Å². The van der Waals surface area contributed by atoms with Crippen LogP contribution in [-0.2, 0) is 6.18 Å². The average Bonchev–Trinajstić information content (AvgIpc) is 2.29. The zero-order valence-electron chi connectivity index (χ0n) is 9.30.